The monoisotopic (exact) mass is 660 g/mol. The van der Waals surface area contributed by atoms with Crippen molar-refractivity contribution >= 4 is 51.8 Å². The molecule has 1 N–H and O–H groups in total. The summed E-state index contributed by atoms with van der Waals surface area (Å²) in [6.45, 7) is 9.11. The van der Waals surface area contributed by atoms with Gasteiger partial charge in [0, 0.05) is 47.4 Å². The Hall–Kier alpha value is -5.22. The van der Waals surface area contributed by atoms with Gasteiger partial charge >= 0.3 is 5.97 Å². The van der Waals surface area contributed by atoms with Crippen molar-refractivity contribution in [2.24, 2.45) is 0 Å². The molecule has 0 atom stereocenters. The highest BCUT2D eigenvalue weighted by Crippen LogP contribution is 2.60. The van der Waals surface area contributed by atoms with E-state index in [1.807, 2.05) is 29.5 Å². The molecule has 0 spiro atoms. The van der Waals surface area contributed by atoms with E-state index in [-0.39, 0.29) is 16.4 Å². The SMILES string of the molecule is CC1(C)c2cc3c(cc2-c2sc(/C=C(/C#N)C(=O)O)cc21)C(C)(C)c1cc(-c2ccc(N(c4ccccc4)c4ccccc4)cc2)sc1-3. The molecule has 0 bridgehead atoms. The van der Waals surface area contributed by atoms with Crippen LogP contribution < -0.4 is 4.90 Å². The van der Waals surface area contributed by atoms with E-state index in [0.717, 1.165) is 21.9 Å². The van der Waals surface area contributed by atoms with Gasteiger partial charge in [-0.25, -0.2) is 4.79 Å². The van der Waals surface area contributed by atoms with E-state index in [2.05, 4.69) is 130 Å². The van der Waals surface area contributed by atoms with Crippen LogP contribution in [-0.4, -0.2) is 11.1 Å². The third-order valence-corrected chi connectivity index (χ3v) is 12.2. The van der Waals surface area contributed by atoms with E-state index in [9.17, 15) is 15.2 Å². The number of carboxylic acid groups (broad SMARTS) is 1. The Morgan fingerprint density at radius 2 is 1.19 bits per heavy atom. The van der Waals surface area contributed by atoms with E-state index < -0.39 is 5.97 Å². The van der Waals surface area contributed by atoms with Gasteiger partial charge in [0.2, 0.25) is 0 Å². The normalized spacial score (nSPS) is 14.9. The molecule has 8 rings (SSSR count). The number of aliphatic carboxylic acids is 1. The zero-order chi connectivity index (χ0) is 33.4. The molecule has 2 aromatic heterocycles. The Morgan fingerprint density at radius 3 is 1.71 bits per heavy atom. The summed E-state index contributed by atoms with van der Waals surface area (Å²) in [6.07, 6.45) is 1.49. The molecule has 0 saturated carbocycles. The molecular formula is C42H32N2O2S2. The number of benzene rings is 4. The molecule has 6 aromatic rings. The van der Waals surface area contributed by atoms with Gasteiger partial charge in [-0.1, -0.05) is 76.2 Å². The fourth-order valence-electron chi connectivity index (χ4n) is 7.30. The fourth-order valence-corrected chi connectivity index (χ4v) is 9.95. The van der Waals surface area contributed by atoms with Gasteiger partial charge in [0.15, 0.2) is 0 Å². The Balaban J connectivity index is 1.16. The fraction of sp³-hybridized carbons (Fsp3) is 0.143. The number of fused-ring (bicyclic) bond motifs is 6. The number of carbonyl (C=O) groups is 1. The number of thiophene rings is 2. The van der Waals surface area contributed by atoms with E-state index in [0.29, 0.717) is 0 Å². The highest BCUT2D eigenvalue weighted by molar-refractivity contribution is 7.19. The molecule has 48 heavy (non-hydrogen) atoms. The first-order valence-electron chi connectivity index (χ1n) is 15.9. The molecule has 234 valence electrons. The number of nitriles is 1. The van der Waals surface area contributed by atoms with Crippen LogP contribution in [0.15, 0.2) is 115 Å². The Bertz CT molecular complexity index is 2280. The maximum absolute atomic E-state index is 11.5. The number of carboxylic acids is 1. The minimum absolute atomic E-state index is 0.171. The molecule has 4 nitrogen and oxygen atoms in total. The lowest BCUT2D eigenvalue weighted by Gasteiger charge is -2.25. The molecular weight excluding hydrogens is 629 g/mol. The summed E-state index contributed by atoms with van der Waals surface area (Å²) in [6, 6.07) is 40.9. The maximum atomic E-state index is 11.5. The minimum Gasteiger partial charge on any atom is -0.477 e. The van der Waals surface area contributed by atoms with Crippen LogP contribution in [0.4, 0.5) is 17.1 Å². The van der Waals surface area contributed by atoms with E-state index >= 15 is 0 Å². The maximum Gasteiger partial charge on any atom is 0.346 e. The van der Waals surface area contributed by atoms with Crippen molar-refractivity contribution in [3.05, 3.63) is 142 Å². The van der Waals surface area contributed by atoms with Gasteiger partial charge in [0.1, 0.15) is 11.6 Å². The van der Waals surface area contributed by atoms with E-state index in [1.54, 1.807) is 11.3 Å². The van der Waals surface area contributed by atoms with Crippen molar-refractivity contribution in [2.75, 3.05) is 4.90 Å². The van der Waals surface area contributed by atoms with Gasteiger partial charge < -0.3 is 10.0 Å². The zero-order valence-electron chi connectivity index (χ0n) is 27.0. The average molecular weight is 661 g/mol. The number of rotatable bonds is 6. The van der Waals surface area contributed by atoms with Crippen molar-refractivity contribution in [3.8, 4) is 37.4 Å². The highest BCUT2D eigenvalue weighted by Gasteiger charge is 2.43. The third-order valence-electron chi connectivity index (χ3n) is 9.90. The number of hydrogen-bond donors (Lipinski definition) is 1. The lowest BCUT2D eigenvalue weighted by Crippen LogP contribution is -2.16. The predicted molar refractivity (Wildman–Crippen MR) is 199 cm³/mol. The minimum atomic E-state index is -1.20. The molecule has 2 aliphatic carbocycles. The zero-order valence-corrected chi connectivity index (χ0v) is 28.7. The smallest absolute Gasteiger partial charge is 0.346 e. The quantitative estimate of drug-likeness (QED) is 0.143. The Morgan fingerprint density at radius 1 is 0.688 bits per heavy atom. The van der Waals surface area contributed by atoms with Crippen molar-refractivity contribution < 1.29 is 9.90 Å². The summed E-state index contributed by atoms with van der Waals surface area (Å²) in [7, 11) is 0. The lowest BCUT2D eigenvalue weighted by molar-refractivity contribution is -0.132. The number of anilines is 3. The summed E-state index contributed by atoms with van der Waals surface area (Å²) in [4.78, 5) is 18.3. The van der Waals surface area contributed by atoms with Crippen LogP contribution in [0.3, 0.4) is 0 Å². The van der Waals surface area contributed by atoms with Crippen molar-refractivity contribution in [1.82, 2.24) is 0 Å². The first-order chi connectivity index (χ1) is 23.1. The molecule has 0 unspecified atom stereocenters. The summed E-state index contributed by atoms with van der Waals surface area (Å²) in [5.41, 5.74) is 11.6. The van der Waals surface area contributed by atoms with Crippen molar-refractivity contribution in [3.63, 3.8) is 0 Å². The van der Waals surface area contributed by atoms with Crippen LogP contribution in [0.25, 0.3) is 37.4 Å². The van der Waals surface area contributed by atoms with Crippen LogP contribution in [0.1, 0.15) is 54.8 Å². The van der Waals surface area contributed by atoms with Crippen LogP contribution in [0, 0.1) is 11.3 Å². The summed E-state index contributed by atoms with van der Waals surface area (Å²) >= 11 is 3.44. The highest BCUT2D eigenvalue weighted by atomic mass is 32.1. The number of para-hydroxylation sites is 2. The first-order valence-corrected chi connectivity index (χ1v) is 17.6. The molecule has 0 saturated heterocycles. The van der Waals surface area contributed by atoms with Crippen LogP contribution >= 0.6 is 22.7 Å². The molecule has 0 radical (unpaired) electrons. The molecule has 0 amide bonds. The topological polar surface area (TPSA) is 64.3 Å². The standard InChI is InChI=1S/C42H32N2O2S2/c1-41(2)33-22-32-34(21-31(33)38-35(41)20-30(47-38)19-26(24-43)40(45)46)42(3,4)36-23-37(48-39(32)36)25-15-17-29(18-16-25)44(27-11-7-5-8-12-27)28-13-9-6-10-14-28/h5-23H,1-4H3,(H,45,46)/b26-19-. The van der Waals surface area contributed by atoms with Crippen LogP contribution in [0.5, 0.6) is 0 Å². The lowest BCUT2D eigenvalue weighted by atomic mass is 9.79. The van der Waals surface area contributed by atoms with E-state index in [1.165, 1.54) is 59.7 Å². The van der Waals surface area contributed by atoms with Gasteiger partial charge in [-0.3, -0.25) is 0 Å². The summed E-state index contributed by atoms with van der Waals surface area (Å²) in [5, 5.41) is 18.7. The largest absolute Gasteiger partial charge is 0.477 e. The number of hydrogen-bond acceptors (Lipinski definition) is 5. The third kappa shape index (κ3) is 4.57. The van der Waals surface area contributed by atoms with Crippen molar-refractivity contribution in [1.29, 1.82) is 5.26 Å². The number of nitrogens with zero attached hydrogens (tertiary/aromatic N) is 2. The summed E-state index contributed by atoms with van der Waals surface area (Å²) in [5.74, 6) is -1.20. The van der Waals surface area contributed by atoms with Crippen LogP contribution in [0.2, 0.25) is 0 Å². The Kier molecular flexibility index (Phi) is 6.85. The van der Waals surface area contributed by atoms with E-state index in [4.69, 9.17) is 0 Å². The second-order valence-electron chi connectivity index (χ2n) is 13.5. The second kappa shape index (κ2) is 10.9. The second-order valence-corrected chi connectivity index (χ2v) is 15.6. The van der Waals surface area contributed by atoms with Gasteiger partial charge in [-0.2, -0.15) is 5.26 Å². The van der Waals surface area contributed by atoms with Gasteiger partial charge in [-0.15, -0.1) is 22.7 Å². The average Bonchev–Trinajstić information content (AvgIpc) is 3.82. The van der Waals surface area contributed by atoms with Crippen LogP contribution in [-0.2, 0) is 15.6 Å². The predicted octanol–water partition coefficient (Wildman–Crippen LogP) is 11.6. The molecule has 4 aromatic carbocycles. The van der Waals surface area contributed by atoms with Gasteiger partial charge in [-0.05, 0) is 106 Å². The molecule has 2 aliphatic rings. The Labute approximate surface area is 288 Å². The van der Waals surface area contributed by atoms with Gasteiger partial charge in [0.05, 0.1) is 0 Å². The van der Waals surface area contributed by atoms with Crippen molar-refractivity contribution in [2.45, 2.75) is 38.5 Å². The summed E-state index contributed by atoms with van der Waals surface area (Å²) < 4.78 is 0. The molecule has 2 heterocycles. The first kappa shape index (κ1) is 30.1. The molecule has 0 aliphatic heterocycles. The molecule has 0 fully saturated rings. The molecule has 6 heteroatoms. The van der Waals surface area contributed by atoms with Gasteiger partial charge in [0.25, 0.3) is 0 Å².